The number of hydrogen-bond acceptors (Lipinski definition) is 4. The minimum Gasteiger partial charge on any atom is -0.534 e. The number of aromatic carboxylic acids is 1. The molecule has 2 aliphatic rings. The first kappa shape index (κ1) is 16.4. The van der Waals surface area contributed by atoms with E-state index in [0.717, 1.165) is 12.0 Å². The summed E-state index contributed by atoms with van der Waals surface area (Å²) < 4.78 is 5.40. The fourth-order valence-corrected chi connectivity index (χ4v) is 3.36. The molecule has 0 bridgehead atoms. The predicted octanol–water partition coefficient (Wildman–Crippen LogP) is 1.71. The maximum absolute atomic E-state index is 12.5. The Bertz CT molecular complexity index is 940. The van der Waals surface area contributed by atoms with Gasteiger partial charge in [-0.3, -0.25) is 4.79 Å². The van der Waals surface area contributed by atoms with E-state index in [2.05, 4.69) is 5.32 Å². The van der Waals surface area contributed by atoms with Crippen LogP contribution in [0.4, 0.5) is 0 Å². The Kier molecular flexibility index (Phi) is 4.01. The third kappa shape index (κ3) is 2.86. The first-order valence-corrected chi connectivity index (χ1v) is 8.33. The molecule has 130 valence electrons. The van der Waals surface area contributed by atoms with Gasteiger partial charge in [-0.2, -0.15) is 0 Å². The fourth-order valence-electron chi connectivity index (χ4n) is 3.36. The predicted molar refractivity (Wildman–Crippen MR) is 96.1 cm³/mol. The minimum atomic E-state index is -1.32. The highest BCUT2D eigenvalue weighted by molar-refractivity contribution is 6.47. The lowest BCUT2D eigenvalue weighted by atomic mass is 9.72. The first-order chi connectivity index (χ1) is 12.5. The molecule has 0 saturated carbocycles. The number of nitrogens with one attached hydrogen (secondary N) is 1. The van der Waals surface area contributed by atoms with Crippen molar-refractivity contribution in [1.82, 2.24) is 5.32 Å². The van der Waals surface area contributed by atoms with Gasteiger partial charge in [0, 0.05) is 5.56 Å². The number of benzene rings is 2. The molecule has 1 heterocycles. The number of rotatable bonds is 3. The van der Waals surface area contributed by atoms with Crippen LogP contribution in [0.2, 0.25) is 0 Å². The van der Waals surface area contributed by atoms with Crippen molar-refractivity contribution in [2.45, 2.75) is 18.8 Å². The number of para-hydroxylation sites is 1. The molecule has 2 aromatic rings. The van der Waals surface area contributed by atoms with Crippen LogP contribution < -0.4 is 9.97 Å². The monoisotopic (exact) mass is 349 g/mol. The lowest BCUT2D eigenvalue weighted by molar-refractivity contribution is 0.0693. The summed E-state index contributed by atoms with van der Waals surface area (Å²) in [6.45, 7) is 0. The zero-order valence-corrected chi connectivity index (χ0v) is 13.8. The van der Waals surface area contributed by atoms with Gasteiger partial charge in [0.2, 0.25) is 0 Å². The van der Waals surface area contributed by atoms with Gasteiger partial charge in [-0.1, -0.05) is 30.4 Å². The summed E-state index contributed by atoms with van der Waals surface area (Å²) in [5.74, 6) is -1.94. The minimum absolute atomic E-state index is 0.00302. The summed E-state index contributed by atoms with van der Waals surface area (Å²) >= 11 is 0. The molecule has 1 aliphatic heterocycles. The largest absolute Gasteiger partial charge is 0.547 e. The van der Waals surface area contributed by atoms with Crippen molar-refractivity contribution in [2.24, 2.45) is 0 Å². The van der Waals surface area contributed by atoms with E-state index in [1.54, 1.807) is 18.2 Å². The fraction of sp³-hybridized carbons (Fsp3) is 0.158. The number of hydrogen-bond donors (Lipinski definition) is 3. The van der Waals surface area contributed by atoms with Gasteiger partial charge in [0.25, 0.3) is 5.91 Å². The Hall–Kier alpha value is -3.06. The van der Waals surface area contributed by atoms with E-state index in [-0.39, 0.29) is 23.6 Å². The third-order valence-electron chi connectivity index (χ3n) is 4.71. The Labute approximate surface area is 150 Å². The number of carboxylic acids is 1. The average molecular weight is 349 g/mol. The van der Waals surface area contributed by atoms with Crippen LogP contribution in [0.3, 0.4) is 0 Å². The highest BCUT2D eigenvalue weighted by atomic mass is 16.5. The van der Waals surface area contributed by atoms with Crippen molar-refractivity contribution in [3.8, 4) is 5.75 Å². The SMILES string of the molecule is O=C(N[C@H]1Cc2cccc(C(=O)O)c2OB1O)c1ccc2c(c1)C=CC2. The molecule has 3 N–H and O–H groups in total. The highest BCUT2D eigenvalue weighted by Crippen LogP contribution is 2.30. The van der Waals surface area contributed by atoms with Gasteiger partial charge in [-0.05, 0) is 47.7 Å². The molecule has 1 amide bonds. The Morgan fingerprint density at radius 1 is 1.19 bits per heavy atom. The average Bonchev–Trinajstić information content (AvgIpc) is 3.09. The van der Waals surface area contributed by atoms with Crippen LogP contribution in [0.5, 0.6) is 5.75 Å². The molecule has 7 heteroatoms. The molecule has 26 heavy (non-hydrogen) atoms. The number of carboxylic acid groups (broad SMARTS) is 1. The van der Waals surface area contributed by atoms with E-state index in [0.29, 0.717) is 11.1 Å². The van der Waals surface area contributed by atoms with Crippen molar-refractivity contribution < 1.29 is 24.4 Å². The standard InChI is InChI=1S/C19H16BNO5/c22-18(14-8-7-11-3-1-4-12(11)9-14)21-16-10-13-5-2-6-15(19(23)24)17(13)26-20(16)25/h1-2,4-9,16,25H,3,10H2,(H,21,22)(H,23,24)/t16-/m0/s1. The number of fused-ring (bicyclic) bond motifs is 2. The number of allylic oxidation sites excluding steroid dienone is 1. The second-order valence-corrected chi connectivity index (χ2v) is 6.41. The molecule has 0 unspecified atom stereocenters. The van der Waals surface area contributed by atoms with Crippen molar-refractivity contribution in [1.29, 1.82) is 0 Å². The van der Waals surface area contributed by atoms with Crippen LogP contribution >= 0.6 is 0 Å². The van der Waals surface area contributed by atoms with Gasteiger partial charge >= 0.3 is 13.1 Å². The summed E-state index contributed by atoms with van der Waals surface area (Å²) in [4.78, 5) is 23.8. The zero-order chi connectivity index (χ0) is 18.3. The van der Waals surface area contributed by atoms with Crippen molar-refractivity contribution >= 4 is 25.1 Å². The molecular formula is C19H16BNO5. The van der Waals surface area contributed by atoms with E-state index in [1.807, 2.05) is 24.3 Å². The molecule has 2 aromatic carbocycles. The Morgan fingerprint density at radius 2 is 2.04 bits per heavy atom. The number of carbonyl (C=O) groups excluding carboxylic acids is 1. The zero-order valence-electron chi connectivity index (χ0n) is 13.8. The van der Waals surface area contributed by atoms with E-state index in [9.17, 15) is 19.7 Å². The summed E-state index contributed by atoms with van der Waals surface area (Å²) in [6.07, 6.45) is 5.18. The van der Waals surface area contributed by atoms with E-state index >= 15 is 0 Å². The highest BCUT2D eigenvalue weighted by Gasteiger charge is 2.37. The molecule has 6 nitrogen and oxygen atoms in total. The van der Waals surface area contributed by atoms with Gasteiger partial charge in [-0.15, -0.1) is 0 Å². The smallest absolute Gasteiger partial charge is 0.534 e. The van der Waals surface area contributed by atoms with Crippen molar-refractivity contribution in [3.63, 3.8) is 0 Å². The third-order valence-corrected chi connectivity index (χ3v) is 4.71. The molecule has 1 aliphatic carbocycles. The van der Waals surface area contributed by atoms with Crippen LogP contribution in [0, 0.1) is 0 Å². The van der Waals surface area contributed by atoms with E-state index in [1.165, 1.54) is 11.6 Å². The van der Waals surface area contributed by atoms with Gasteiger partial charge in [0.1, 0.15) is 5.75 Å². The number of carbonyl (C=O) groups is 2. The second-order valence-electron chi connectivity index (χ2n) is 6.41. The number of amides is 1. The van der Waals surface area contributed by atoms with Gasteiger partial charge in [-0.25, -0.2) is 4.79 Å². The summed E-state index contributed by atoms with van der Waals surface area (Å²) in [6, 6.07) is 10.3. The molecular weight excluding hydrogens is 333 g/mol. The van der Waals surface area contributed by atoms with Crippen molar-refractivity contribution in [3.05, 3.63) is 70.3 Å². The Balaban J connectivity index is 1.54. The van der Waals surface area contributed by atoms with E-state index < -0.39 is 19.0 Å². The molecule has 0 radical (unpaired) electrons. The summed E-state index contributed by atoms with van der Waals surface area (Å²) in [5.41, 5.74) is 3.34. The van der Waals surface area contributed by atoms with Gasteiger partial charge < -0.3 is 20.1 Å². The Morgan fingerprint density at radius 3 is 2.85 bits per heavy atom. The molecule has 0 aromatic heterocycles. The van der Waals surface area contributed by atoms with Crippen LogP contribution in [-0.4, -0.2) is 35.1 Å². The summed E-state index contributed by atoms with van der Waals surface area (Å²) in [5, 5.41) is 22.2. The molecule has 4 rings (SSSR count). The van der Waals surface area contributed by atoms with Crippen LogP contribution in [0.25, 0.3) is 6.08 Å². The van der Waals surface area contributed by atoms with Gasteiger partial charge in [0.05, 0.1) is 11.5 Å². The molecule has 0 fully saturated rings. The van der Waals surface area contributed by atoms with Crippen LogP contribution in [0.1, 0.15) is 37.4 Å². The van der Waals surface area contributed by atoms with Crippen molar-refractivity contribution in [2.75, 3.05) is 0 Å². The maximum atomic E-state index is 12.5. The second kappa shape index (κ2) is 6.35. The normalized spacial score (nSPS) is 17.3. The topological polar surface area (TPSA) is 95.9 Å². The summed E-state index contributed by atoms with van der Waals surface area (Å²) in [7, 11) is -1.32. The molecule has 1 atom stereocenters. The molecule has 0 saturated heterocycles. The van der Waals surface area contributed by atoms with E-state index in [4.69, 9.17) is 4.65 Å². The van der Waals surface area contributed by atoms with Crippen LogP contribution in [-0.2, 0) is 12.8 Å². The maximum Gasteiger partial charge on any atom is 0.547 e. The quantitative estimate of drug-likeness (QED) is 0.733. The first-order valence-electron chi connectivity index (χ1n) is 8.33. The van der Waals surface area contributed by atoms with Crippen LogP contribution in [0.15, 0.2) is 42.5 Å². The van der Waals surface area contributed by atoms with Gasteiger partial charge in [0.15, 0.2) is 0 Å². The molecule has 0 spiro atoms. The lowest BCUT2D eigenvalue weighted by Gasteiger charge is -2.28. The lowest BCUT2D eigenvalue weighted by Crippen LogP contribution is -2.53.